The summed E-state index contributed by atoms with van der Waals surface area (Å²) in [6.07, 6.45) is 0. The van der Waals surface area contributed by atoms with E-state index in [0.29, 0.717) is 21.6 Å². The van der Waals surface area contributed by atoms with E-state index in [2.05, 4.69) is 4.98 Å². The van der Waals surface area contributed by atoms with E-state index >= 15 is 0 Å². The first-order valence-corrected chi connectivity index (χ1v) is 5.80. The van der Waals surface area contributed by atoms with Crippen molar-refractivity contribution in [1.82, 2.24) is 4.98 Å². The second-order valence-electron chi connectivity index (χ2n) is 3.55. The summed E-state index contributed by atoms with van der Waals surface area (Å²) in [5.41, 5.74) is 6.63. The highest BCUT2D eigenvalue weighted by atomic mass is 35.5. The maximum atomic E-state index is 11.4. The lowest BCUT2D eigenvalue weighted by Crippen LogP contribution is -2.12. The van der Waals surface area contributed by atoms with Crippen LogP contribution < -0.4 is 5.73 Å². The van der Waals surface area contributed by atoms with E-state index in [1.807, 2.05) is 0 Å². The lowest BCUT2D eigenvalue weighted by atomic mass is 10.1. The highest BCUT2D eigenvalue weighted by molar-refractivity contribution is 6.48. The number of fused-ring (bicyclic) bond motifs is 1. The molecule has 0 aliphatic rings. The number of pyridine rings is 1. The maximum absolute atomic E-state index is 11.4. The fourth-order valence-electron chi connectivity index (χ4n) is 1.62. The number of nitrogens with two attached hydrogens (primary N) is 1. The third kappa shape index (κ3) is 2.06. The predicted octanol–water partition coefficient (Wildman–Crippen LogP) is 3.60. The molecule has 1 aromatic carbocycles. The van der Waals surface area contributed by atoms with Gasteiger partial charge in [-0.3, -0.25) is 9.78 Å². The second kappa shape index (κ2) is 4.33. The first kappa shape index (κ1) is 12.4. The van der Waals surface area contributed by atoms with Gasteiger partial charge in [-0.1, -0.05) is 34.8 Å². The number of amides is 1. The lowest BCUT2D eigenvalue weighted by molar-refractivity contribution is 0.100. The highest BCUT2D eigenvalue weighted by Crippen LogP contribution is 2.36. The molecule has 1 aromatic heterocycles. The molecule has 0 fully saturated rings. The molecule has 17 heavy (non-hydrogen) atoms. The number of halogens is 3. The molecule has 3 nitrogen and oxygen atoms in total. The molecule has 0 atom stereocenters. The largest absolute Gasteiger partial charge is 0.366 e. The van der Waals surface area contributed by atoms with Gasteiger partial charge in [0.2, 0.25) is 5.91 Å². The quantitative estimate of drug-likeness (QED) is 0.815. The molecular formula is C11H7Cl3N2O. The van der Waals surface area contributed by atoms with Crippen LogP contribution in [0.15, 0.2) is 12.1 Å². The van der Waals surface area contributed by atoms with E-state index in [-0.39, 0.29) is 15.6 Å². The van der Waals surface area contributed by atoms with Gasteiger partial charge in [0.05, 0.1) is 26.1 Å². The summed E-state index contributed by atoms with van der Waals surface area (Å²) in [5.74, 6) is -0.597. The van der Waals surface area contributed by atoms with E-state index in [4.69, 9.17) is 40.5 Å². The van der Waals surface area contributed by atoms with Crippen molar-refractivity contribution in [1.29, 1.82) is 0 Å². The van der Waals surface area contributed by atoms with Crippen LogP contribution in [0, 0.1) is 6.92 Å². The lowest BCUT2D eigenvalue weighted by Gasteiger charge is -2.09. The van der Waals surface area contributed by atoms with Gasteiger partial charge in [-0.2, -0.15) is 0 Å². The van der Waals surface area contributed by atoms with E-state index in [9.17, 15) is 4.79 Å². The second-order valence-corrected chi connectivity index (χ2v) is 4.75. The topological polar surface area (TPSA) is 56.0 Å². The zero-order valence-corrected chi connectivity index (χ0v) is 11.0. The van der Waals surface area contributed by atoms with E-state index in [0.717, 1.165) is 0 Å². The van der Waals surface area contributed by atoms with Crippen LogP contribution in [-0.4, -0.2) is 10.9 Å². The van der Waals surface area contributed by atoms with Crippen molar-refractivity contribution in [3.63, 3.8) is 0 Å². The molecule has 0 saturated heterocycles. The predicted molar refractivity (Wildman–Crippen MR) is 70.0 cm³/mol. The van der Waals surface area contributed by atoms with Gasteiger partial charge in [-0.15, -0.1) is 0 Å². The third-order valence-electron chi connectivity index (χ3n) is 2.32. The van der Waals surface area contributed by atoms with Crippen LogP contribution in [0.5, 0.6) is 0 Å². The maximum Gasteiger partial charge on any atom is 0.249 e. The third-order valence-corrected chi connectivity index (χ3v) is 3.40. The number of benzene rings is 1. The SMILES string of the molecule is Cc1cc(C(N)=O)c2c(Cl)c(Cl)cc(Cl)c2n1. The van der Waals surface area contributed by atoms with Crippen LogP contribution in [0.3, 0.4) is 0 Å². The minimum absolute atomic E-state index is 0.229. The molecule has 88 valence electrons. The standard InChI is InChI=1S/C11H7Cl3N2O/c1-4-2-5(11(15)17)8-9(14)6(12)3-7(13)10(8)16-4/h2-3H,1H3,(H2,15,17). The number of carbonyl (C=O) groups is 1. The van der Waals surface area contributed by atoms with Crippen molar-refractivity contribution >= 4 is 51.6 Å². The number of nitrogens with zero attached hydrogens (tertiary/aromatic N) is 1. The number of aryl methyl sites for hydroxylation is 1. The summed E-state index contributed by atoms with van der Waals surface area (Å²) in [6, 6.07) is 3.05. The molecule has 0 bridgehead atoms. The molecule has 0 saturated carbocycles. The van der Waals surface area contributed by atoms with Gasteiger partial charge in [-0.05, 0) is 19.1 Å². The molecule has 0 aliphatic heterocycles. The molecule has 2 aromatic rings. The van der Waals surface area contributed by atoms with Crippen molar-refractivity contribution in [2.75, 3.05) is 0 Å². The molecule has 0 radical (unpaired) electrons. The Balaban J connectivity index is 3.05. The fourth-order valence-corrected chi connectivity index (χ4v) is 2.38. The average molecular weight is 290 g/mol. The summed E-state index contributed by atoms with van der Waals surface area (Å²) >= 11 is 18.0. The Bertz CT molecular complexity index is 640. The molecule has 0 spiro atoms. The van der Waals surface area contributed by atoms with Crippen molar-refractivity contribution in [3.05, 3.63) is 38.5 Å². The molecule has 6 heteroatoms. The summed E-state index contributed by atoms with van der Waals surface area (Å²) in [5, 5.41) is 1.22. The first-order valence-electron chi connectivity index (χ1n) is 4.66. The van der Waals surface area contributed by atoms with Crippen molar-refractivity contribution in [3.8, 4) is 0 Å². The van der Waals surface area contributed by atoms with Gasteiger partial charge in [-0.25, -0.2) is 0 Å². The monoisotopic (exact) mass is 288 g/mol. The Morgan fingerprint density at radius 3 is 2.47 bits per heavy atom. The Hall–Kier alpha value is -1.03. The number of primary amides is 1. The van der Waals surface area contributed by atoms with Crippen LogP contribution in [0.4, 0.5) is 0 Å². The molecule has 1 heterocycles. The van der Waals surface area contributed by atoms with Gasteiger partial charge in [0.15, 0.2) is 0 Å². The average Bonchev–Trinajstić information content (AvgIpc) is 2.25. The summed E-state index contributed by atoms with van der Waals surface area (Å²) in [4.78, 5) is 15.6. The molecular weight excluding hydrogens is 282 g/mol. The van der Waals surface area contributed by atoms with Gasteiger partial charge < -0.3 is 5.73 Å². The highest BCUT2D eigenvalue weighted by Gasteiger charge is 2.17. The zero-order chi connectivity index (χ0) is 12.7. The number of carbonyl (C=O) groups excluding carboxylic acids is 1. The van der Waals surface area contributed by atoms with Crippen molar-refractivity contribution in [2.24, 2.45) is 5.73 Å². The minimum Gasteiger partial charge on any atom is -0.366 e. The van der Waals surface area contributed by atoms with Crippen LogP contribution in [0.1, 0.15) is 16.1 Å². The minimum atomic E-state index is -0.597. The van der Waals surface area contributed by atoms with Crippen LogP contribution in [0.25, 0.3) is 10.9 Å². The van der Waals surface area contributed by atoms with Crippen molar-refractivity contribution < 1.29 is 4.79 Å². The van der Waals surface area contributed by atoms with E-state index in [1.165, 1.54) is 6.07 Å². The number of hydrogen-bond acceptors (Lipinski definition) is 2. The van der Waals surface area contributed by atoms with Gasteiger partial charge in [0.25, 0.3) is 0 Å². The van der Waals surface area contributed by atoms with Crippen molar-refractivity contribution in [2.45, 2.75) is 6.92 Å². The fraction of sp³-hybridized carbons (Fsp3) is 0.0909. The molecule has 0 aliphatic carbocycles. The zero-order valence-electron chi connectivity index (χ0n) is 8.72. The Morgan fingerprint density at radius 1 is 1.24 bits per heavy atom. The number of hydrogen-bond donors (Lipinski definition) is 1. The van der Waals surface area contributed by atoms with Gasteiger partial charge in [0.1, 0.15) is 0 Å². The van der Waals surface area contributed by atoms with E-state index in [1.54, 1.807) is 13.0 Å². The Labute approximate surface area is 112 Å². The molecule has 1 amide bonds. The number of aromatic nitrogens is 1. The molecule has 2 N–H and O–H groups in total. The van der Waals surface area contributed by atoms with Crippen LogP contribution >= 0.6 is 34.8 Å². The Morgan fingerprint density at radius 2 is 1.88 bits per heavy atom. The Kier molecular flexibility index (Phi) is 3.17. The van der Waals surface area contributed by atoms with Crippen LogP contribution in [0.2, 0.25) is 15.1 Å². The first-order chi connectivity index (χ1) is 7.91. The summed E-state index contributed by atoms with van der Waals surface area (Å²) in [6.45, 7) is 1.74. The summed E-state index contributed by atoms with van der Waals surface area (Å²) < 4.78 is 0. The van der Waals surface area contributed by atoms with Gasteiger partial charge >= 0.3 is 0 Å². The van der Waals surface area contributed by atoms with E-state index < -0.39 is 5.91 Å². The van der Waals surface area contributed by atoms with Crippen LogP contribution in [-0.2, 0) is 0 Å². The number of rotatable bonds is 1. The smallest absolute Gasteiger partial charge is 0.249 e. The molecule has 2 rings (SSSR count). The van der Waals surface area contributed by atoms with Gasteiger partial charge in [0, 0.05) is 11.1 Å². The normalized spacial score (nSPS) is 10.8. The summed E-state index contributed by atoms with van der Waals surface area (Å²) in [7, 11) is 0. The molecule has 0 unspecified atom stereocenters.